The van der Waals surface area contributed by atoms with Crippen LogP contribution >= 0.6 is 27.3 Å². The average Bonchev–Trinajstić information content (AvgIpc) is 2.89. The van der Waals surface area contributed by atoms with Crippen LogP contribution in [0.4, 0.5) is 5.13 Å². The lowest BCUT2D eigenvalue weighted by molar-refractivity contribution is -0.115. The van der Waals surface area contributed by atoms with Gasteiger partial charge in [0.25, 0.3) is 0 Å². The van der Waals surface area contributed by atoms with Gasteiger partial charge in [0.15, 0.2) is 5.13 Å². The van der Waals surface area contributed by atoms with Crippen molar-refractivity contribution >= 4 is 38.3 Å². The molecule has 0 atom stereocenters. The fourth-order valence-electron chi connectivity index (χ4n) is 2.27. The summed E-state index contributed by atoms with van der Waals surface area (Å²) in [6, 6.07) is 17.7. The largest absolute Gasteiger partial charge is 0.302 e. The standard InChI is InChI=1S/C18H15BrN2OS/c1-12-17(14-7-9-15(19)10-8-14)21-18(23-12)20-16(22)11-13-5-3-2-4-6-13/h2-10H,11H2,1H3,(H,20,21,22). The van der Waals surface area contributed by atoms with E-state index >= 15 is 0 Å². The molecule has 0 unspecified atom stereocenters. The SMILES string of the molecule is Cc1sc(NC(=O)Cc2ccccc2)nc1-c1ccc(Br)cc1. The second-order valence-electron chi connectivity index (χ2n) is 5.14. The Morgan fingerprint density at radius 3 is 2.52 bits per heavy atom. The van der Waals surface area contributed by atoms with Crippen LogP contribution in [0.5, 0.6) is 0 Å². The molecule has 0 aliphatic carbocycles. The number of carbonyl (C=O) groups excluding carboxylic acids is 1. The summed E-state index contributed by atoms with van der Waals surface area (Å²) in [6.07, 6.45) is 0.354. The number of hydrogen-bond donors (Lipinski definition) is 1. The van der Waals surface area contributed by atoms with Gasteiger partial charge in [-0.3, -0.25) is 4.79 Å². The fraction of sp³-hybridized carbons (Fsp3) is 0.111. The Labute approximate surface area is 147 Å². The Bertz CT molecular complexity index is 813. The van der Waals surface area contributed by atoms with E-state index in [1.54, 1.807) is 0 Å². The predicted molar refractivity (Wildman–Crippen MR) is 98.8 cm³/mol. The predicted octanol–water partition coefficient (Wildman–Crippen LogP) is 5.06. The quantitative estimate of drug-likeness (QED) is 0.680. The van der Waals surface area contributed by atoms with E-state index in [1.807, 2.05) is 61.5 Å². The highest BCUT2D eigenvalue weighted by molar-refractivity contribution is 9.10. The first kappa shape index (κ1) is 15.9. The maximum atomic E-state index is 12.1. The number of hydrogen-bond acceptors (Lipinski definition) is 3. The zero-order chi connectivity index (χ0) is 16.2. The molecule has 0 saturated carbocycles. The topological polar surface area (TPSA) is 42.0 Å². The van der Waals surface area contributed by atoms with Crippen molar-refractivity contribution in [1.29, 1.82) is 0 Å². The summed E-state index contributed by atoms with van der Waals surface area (Å²) in [5.41, 5.74) is 2.95. The number of rotatable bonds is 4. The van der Waals surface area contributed by atoms with Crippen molar-refractivity contribution in [2.45, 2.75) is 13.3 Å². The lowest BCUT2D eigenvalue weighted by Crippen LogP contribution is -2.14. The van der Waals surface area contributed by atoms with Crippen LogP contribution in [0.2, 0.25) is 0 Å². The molecule has 0 radical (unpaired) electrons. The molecule has 0 aliphatic heterocycles. The molecular weight excluding hydrogens is 372 g/mol. The van der Waals surface area contributed by atoms with E-state index in [2.05, 4.69) is 26.2 Å². The van der Waals surface area contributed by atoms with Crippen molar-refractivity contribution in [3.63, 3.8) is 0 Å². The van der Waals surface area contributed by atoms with Gasteiger partial charge in [-0.15, -0.1) is 11.3 Å². The number of halogens is 1. The van der Waals surface area contributed by atoms with Gasteiger partial charge in [0.2, 0.25) is 5.91 Å². The molecule has 0 bridgehead atoms. The van der Waals surface area contributed by atoms with Gasteiger partial charge in [0, 0.05) is 14.9 Å². The second kappa shape index (κ2) is 7.06. The van der Waals surface area contributed by atoms with Gasteiger partial charge in [0.05, 0.1) is 12.1 Å². The van der Waals surface area contributed by atoms with Crippen molar-refractivity contribution in [2.75, 3.05) is 5.32 Å². The smallest absolute Gasteiger partial charge is 0.230 e. The fourth-order valence-corrected chi connectivity index (χ4v) is 3.39. The number of benzene rings is 2. The number of thiazole rings is 1. The van der Waals surface area contributed by atoms with Crippen LogP contribution < -0.4 is 5.32 Å². The van der Waals surface area contributed by atoms with Crippen LogP contribution in [0.3, 0.4) is 0 Å². The summed E-state index contributed by atoms with van der Waals surface area (Å²) in [5.74, 6) is -0.0488. The third kappa shape index (κ3) is 4.06. The van der Waals surface area contributed by atoms with Gasteiger partial charge >= 0.3 is 0 Å². The monoisotopic (exact) mass is 386 g/mol. The molecule has 0 fully saturated rings. The lowest BCUT2D eigenvalue weighted by atomic mass is 10.1. The summed E-state index contributed by atoms with van der Waals surface area (Å²) in [6.45, 7) is 2.02. The van der Waals surface area contributed by atoms with Gasteiger partial charge in [-0.05, 0) is 24.6 Å². The average molecular weight is 387 g/mol. The van der Waals surface area contributed by atoms with Gasteiger partial charge < -0.3 is 5.32 Å². The number of aromatic nitrogens is 1. The minimum Gasteiger partial charge on any atom is -0.302 e. The van der Waals surface area contributed by atoms with Crippen LogP contribution in [0.1, 0.15) is 10.4 Å². The van der Waals surface area contributed by atoms with Gasteiger partial charge in [-0.2, -0.15) is 0 Å². The zero-order valence-corrected chi connectivity index (χ0v) is 14.9. The Balaban J connectivity index is 1.73. The zero-order valence-electron chi connectivity index (χ0n) is 12.5. The Hall–Kier alpha value is -1.98. The van der Waals surface area contributed by atoms with Crippen LogP contribution in [0.15, 0.2) is 59.1 Å². The summed E-state index contributed by atoms with van der Waals surface area (Å²) < 4.78 is 1.03. The highest BCUT2D eigenvalue weighted by atomic mass is 79.9. The minimum absolute atomic E-state index is 0.0488. The second-order valence-corrected chi connectivity index (χ2v) is 7.26. The Morgan fingerprint density at radius 2 is 1.83 bits per heavy atom. The Morgan fingerprint density at radius 1 is 1.13 bits per heavy atom. The molecule has 1 heterocycles. The first-order valence-corrected chi connectivity index (χ1v) is 8.80. The van der Waals surface area contributed by atoms with Crippen LogP contribution in [-0.4, -0.2) is 10.9 Å². The molecule has 0 aliphatic rings. The van der Waals surface area contributed by atoms with E-state index in [0.29, 0.717) is 11.6 Å². The van der Waals surface area contributed by atoms with E-state index in [4.69, 9.17) is 0 Å². The maximum absolute atomic E-state index is 12.1. The molecule has 0 spiro atoms. The lowest BCUT2D eigenvalue weighted by Gasteiger charge is -2.01. The molecule has 1 N–H and O–H groups in total. The minimum atomic E-state index is -0.0488. The summed E-state index contributed by atoms with van der Waals surface area (Å²) in [7, 11) is 0. The number of nitrogens with one attached hydrogen (secondary N) is 1. The number of aryl methyl sites for hydroxylation is 1. The molecule has 1 aromatic heterocycles. The normalized spacial score (nSPS) is 10.5. The van der Waals surface area contributed by atoms with Crippen molar-refractivity contribution < 1.29 is 4.79 Å². The Kier molecular flexibility index (Phi) is 4.88. The molecule has 3 rings (SSSR count). The van der Waals surface area contributed by atoms with E-state index in [1.165, 1.54) is 11.3 Å². The maximum Gasteiger partial charge on any atom is 0.230 e. The molecule has 3 nitrogen and oxygen atoms in total. The van der Waals surface area contributed by atoms with Gasteiger partial charge in [-0.1, -0.05) is 58.4 Å². The number of nitrogens with zero attached hydrogens (tertiary/aromatic N) is 1. The van der Waals surface area contributed by atoms with E-state index in [9.17, 15) is 4.79 Å². The third-order valence-electron chi connectivity index (χ3n) is 3.37. The number of amides is 1. The molecule has 116 valence electrons. The summed E-state index contributed by atoms with van der Waals surface area (Å²) >= 11 is 4.93. The van der Waals surface area contributed by atoms with Crippen LogP contribution in [0, 0.1) is 6.92 Å². The molecule has 1 amide bonds. The van der Waals surface area contributed by atoms with Gasteiger partial charge in [-0.25, -0.2) is 4.98 Å². The molecule has 0 saturated heterocycles. The van der Waals surface area contributed by atoms with Crippen molar-refractivity contribution in [3.05, 3.63) is 69.5 Å². The number of anilines is 1. The first-order chi connectivity index (χ1) is 11.1. The van der Waals surface area contributed by atoms with Crippen LogP contribution in [-0.2, 0) is 11.2 Å². The first-order valence-electron chi connectivity index (χ1n) is 7.19. The summed E-state index contributed by atoms with van der Waals surface area (Å²) in [5, 5.41) is 3.53. The highest BCUT2D eigenvalue weighted by Gasteiger charge is 2.12. The summed E-state index contributed by atoms with van der Waals surface area (Å²) in [4.78, 5) is 17.8. The molecule has 23 heavy (non-hydrogen) atoms. The van der Waals surface area contributed by atoms with Crippen LogP contribution in [0.25, 0.3) is 11.3 Å². The molecule has 2 aromatic carbocycles. The van der Waals surface area contributed by atoms with Gasteiger partial charge in [0.1, 0.15) is 0 Å². The van der Waals surface area contributed by atoms with E-state index < -0.39 is 0 Å². The number of carbonyl (C=O) groups is 1. The molecule has 3 aromatic rings. The molecule has 5 heteroatoms. The molecular formula is C18H15BrN2OS. The van der Waals surface area contributed by atoms with Crippen molar-refractivity contribution in [3.8, 4) is 11.3 Å². The van der Waals surface area contributed by atoms with E-state index in [0.717, 1.165) is 26.2 Å². The van der Waals surface area contributed by atoms with Crippen molar-refractivity contribution in [2.24, 2.45) is 0 Å². The van der Waals surface area contributed by atoms with Crippen molar-refractivity contribution in [1.82, 2.24) is 4.98 Å². The highest BCUT2D eigenvalue weighted by Crippen LogP contribution is 2.31. The third-order valence-corrected chi connectivity index (χ3v) is 4.78. The van der Waals surface area contributed by atoms with E-state index in [-0.39, 0.29) is 5.91 Å².